The number of rotatable bonds is 5. The van der Waals surface area contributed by atoms with Gasteiger partial charge in [-0.15, -0.1) is 0 Å². The molecule has 5 aromatic carbocycles. The number of benzene rings is 5. The number of pyridine rings is 2. The van der Waals surface area contributed by atoms with Crippen LogP contribution in [0.25, 0.3) is 49.6 Å². The lowest BCUT2D eigenvalue weighted by molar-refractivity contribution is 0.611. The Morgan fingerprint density at radius 1 is 0.455 bits per heavy atom. The summed E-state index contributed by atoms with van der Waals surface area (Å²) < 4.78 is 0. The molecule has 208 valence electrons. The van der Waals surface area contributed by atoms with Gasteiger partial charge in [0.25, 0.3) is 0 Å². The fourth-order valence-electron chi connectivity index (χ4n) is 6.52. The van der Waals surface area contributed by atoms with Gasteiger partial charge < -0.3 is 0 Å². The maximum absolute atomic E-state index is 5.39. The minimum absolute atomic E-state index is 0.570. The lowest BCUT2D eigenvalue weighted by Crippen LogP contribution is -2.29. The van der Waals surface area contributed by atoms with Crippen LogP contribution in [0.15, 0.2) is 170 Å². The second kappa shape index (κ2) is 10.9. The van der Waals surface area contributed by atoms with E-state index < -0.39 is 5.41 Å². The summed E-state index contributed by atoms with van der Waals surface area (Å²) in [4.78, 5) is 10.8. The highest BCUT2D eigenvalue weighted by molar-refractivity contribution is 5.96. The van der Waals surface area contributed by atoms with Gasteiger partial charge in [-0.2, -0.15) is 0 Å². The first-order chi connectivity index (χ1) is 21.8. The molecule has 1 aliphatic carbocycles. The summed E-state index contributed by atoms with van der Waals surface area (Å²) in [6.07, 6.45) is 7.70. The summed E-state index contributed by atoms with van der Waals surface area (Å²) in [6.45, 7) is 0. The quantitative estimate of drug-likeness (QED) is 0.209. The molecular weight excluding hydrogens is 532 g/mol. The van der Waals surface area contributed by atoms with E-state index in [4.69, 9.17) is 9.97 Å². The van der Waals surface area contributed by atoms with Crippen LogP contribution in [0.5, 0.6) is 0 Å². The average molecular weight is 563 g/mol. The van der Waals surface area contributed by atoms with Gasteiger partial charge in [-0.3, -0.25) is 9.97 Å². The molecule has 0 saturated heterocycles. The van der Waals surface area contributed by atoms with E-state index in [2.05, 4.69) is 170 Å². The number of hydrogen-bond donors (Lipinski definition) is 0. The van der Waals surface area contributed by atoms with Gasteiger partial charge >= 0.3 is 0 Å². The van der Waals surface area contributed by atoms with E-state index in [0.29, 0.717) is 0 Å². The van der Waals surface area contributed by atoms with Crippen molar-refractivity contribution in [3.8, 4) is 22.3 Å². The maximum Gasteiger partial charge on any atom is 0.0765 e. The molecule has 8 rings (SSSR count). The zero-order valence-electron chi connectivity index (χ0n) is 24.3. The van der Waals surface area contributed by atoms with Gasteiger partial charge in [0.15, 0.2) is 0 Å². The fourth-order valence-corrected chi connectivity index (χ4v) is 6.52. The molecule has 0 fully saturated rings. The maximum atomic E-state index is 5.39. The molecule has 2 aromatic heterocycles. The summed E-state index contributed by atoms with van der Waals surface area (Å²) in [5.41, 5.74) is 10.5. The minimum atomic E-state index is -0.570. The van der Waals surface area contributed by atoms with Gasteiger partial charge in [0.05, 0.1) is 27.8 Å². The summed E-state index contributed by atoms with van der Waals surface area (Å²) in [7, 11) is 0. The van der Waals surface area contributed by atoms with Crippen molar-refractivity contribution in [1.29, 1.82) is 0 Å². The molecule has 0 spiro atoms. The number of hydrogen-bond acceptors (Lipinski definition) is 2. The standard InChI is InChI=1S/C42H30N2/c1-4-14-30(15-5-1)31-24-26-42(27-25-31,40-28-36(32-16-6-2-7-17-32)34-20-10-12-22-38(34)43-40)41-29-37(33-18-8-3-9-19-33)35-21-11-13-23-39(35)44-41/h1-26,28-29H,27H2. The molecule has 0 N–H and O–H groups in total. The third kappa shape index (κ3) is 4.53. The van der Waals surface area contributed by atoms with E-state index in [1.807, 2.05) is 0 Å². The minimum Gasteiger partial charge on any atom is -0.251 e. The normalized spacial score (nSPS) is 14.0. The Balaban J connectivity index is 1.41. The third-order valence-corrected chi connectivity index (χ3v) is 8.81. The first-order valence-electron chi connectivity index (χ1n) is 15.1. The highest BCUT2D eigenvalue weighted by Gasteiger charge is 2.37. The molecule has 0 amide bonds. The average Bonchev–Trinajstić information content (AvgIpc) is 3.12. The molecule has 44 heavy (non-hydrogen) atoms. The molecule has 2 heteroatoms. The fraction of sp³-hybridized carbons (Fsp3) is 0.0476. The molecule has 7 aromatic rings. The lowest BCUT2D eigenvalue weighted by Gasteiger charge is -2.33. The number of para-hydroxylation sites is 2. The van der Waals surface area contributed by atoms with Crippen LogP contribution < -0.4 is 0 Å². The van der Waals surface area contributed by atoms with Crippen LogP contribution in [0.1, 0.15) is 23.4 Å². The monoisotopic (exact) mass is 562 g/mol. The lowest BCUT2D eigenvalue weighted by atomic mass is 9.72. The number of nitrogens with zero attached hydrogens (tertiary/aromatic N) is 2. The third-order valence-electron chi connectivity index (χ3n) is 8.81. The van der Waals surface area contributed by atoms with Gasteiger partial charge in [0, 0.05) is 10.8 Å². The van der Waals surface area contributed by atoms with Crippen LogP contribution in [0.3, 0.4) is 0 Å². The van der Waals surface area contributed by atoms with Crippen LogP contribution >= 0.6 is 0 Å². The van der Waals surface area contributed by atoms with Crippen molar-refractivity contribution < 1.29 is 0 Å². The van der Waals surface area contributed by atoms with Crippen molar-refractivity contribution in [2.45, 2.75) is 11.8 Å². The molecule has 0 bridgehead atoms. The summed E-state index contributed by atoms with van der Waals surface area (Å²) in [5.74, 6) is 0. The Labute approximate surface area is 257 Å². The Kier molecular flexibility index (Phi) is 6.46. The Hall–Kier alpha value is -5.60. The summed E-state index contributed by atoms with van der Waals surface area (Å²) >= 11 is 0. The van der Waals surface area contributed by atoms with Gasteiger partial charge in [0.2, 0.25) is 0 Å². The highest BCUT2D eigenvalue weighted by Crippen LogP contribution is 2.45. The van der Waals surface area contributed by atoms with Crippen LogP contribution in [0.2, 0.25) is 0 Å². The van der Waals surface area contributed by atoms with E-state index in [-0.39, 0.29) is 0 Å². The summed E-state index contributed by atoms with van der Waals surface area (Å²) in [5, 5.41) is 2.30. The van der Waals surface area contributed by atoms with Gasteiger partial charge in [-0.25, -0.2) is 0 Å². The van der Waals surface area contributed by atoms with Crippen molar-refractivity contribution in [3.63, 3.8) is 0 Å². The molecule has 0 atom stereocenters. The van der Waals surface area contributed by atoms with Gasteiger partial charge in [-0.05, 0) is 64.1 Å². The topological polar surface area (TPSA) is 25.8 Å². The number of allylic oxidation sites excluding steroid dienone is 4. The van der Waals surface area contributed by atoms with Crippen LogP contribution in [0, 0.1) is 0 Å². The van der Waals surface area contributed by atoms with E-state index in [0.717, 1.165) is 39.6 Å². The Morgan fingerprint density at radius 3 is 1.34 bits per heavy atom. The zero-order chi connectivity index (χ0) is 29.3. The van der Waals surface area contributed by atoms with E-state index in [9.17, 15) is 0 Å². The first-order valence-corrected chi connectivity index (χ1v) is 15.1. The molecule has 2 heterocycles. The van der Waals surface area contributed by atoms with Crippen LogP contribution in [-0.2, 0) is 5.41 Å². The number of fused-ring (bicyclic) bond motifs is 2. The molecule has 1 aliphatic rings. The Morgan fingerprint density at radius 2 is 0.886 bits per heavy atom. The summed E-state index contributed by atoms with van der Waals surface area (Å²) in [6, 6.07) is 53.4. The molecule has 0 saturated carbocycles. The van der Waals surface area contributed by atoms with Gasteiger partial charge in [0.1, 0.15) is 0 Å². The molecule has 0 radical (unpaired) electrons. The van der Waals surface area contributed by atoms with Crippen molar-refractivity contribution in [1.82, 2.24) is 9.97 Å². The van der Waals surface area contributed by atoms with Crippen molar-refractivity contribution in [3.05, 3.63) is 187 Å². The Bertz CT molecular complexity index is 2060. The van der Waals surface area contributed by atoms with Crippen LogP contribution in [0.4, 0.5) is 0 Å². The van der Waals surface area contributed by atoms with Crippen molar-refractivity contribution >= 4 is 27.4 Å². The largest absolute Gasteiger partial charge is 0.251 e. The van der Waals surface area contributed by atoms with E-state index in [1.165, 1.54) is 33.4 Å². The smallest absolute Gasteiger partial charge is 0.0765 e. The second-order valence-corrected chi connectivity index (χ2v) is 11.4. The van der Waals surface area contributed by atoms with Crippen LogP contribution in [-0.4, -0.2) is 9.97 Å². The van der Waals surface area contributed by atoms with Gasteiger partial charge in [-0.1, -0.05) is 146 Å². The van der Waals surface area contributed by atoms with Crippen molar-refractivity contribution in [2.75, 3.05) is 0 Å². The number of aromatic nitrogens is 2. The zero-order valence-corrected chi connectivity index (χ0v) is 24.3. The molecule has 0 aliphatic heterocycles. The first kappa shape index (κ1) is 26.1. The molecule has 0 unspecified atom stereocenters. The van der Waals surface area contributed by atoms with Crippen molar-refractivity contribution in [2.24, 2.45) is 0 Å². The SMILES string of the molecule is C1=CC(c2cc(-c3ccccc3)c3ccccc3n2)(c2cc(-c3ccccc3)c3ccccc3n2)CC=C1c1ccccc1. The highest BCUT2D eigenvalue weighted by atomic mass is 14.8. The predicted octanol–water partition coefficient (Wildman–Crippen LogP) is 10.4. The van der Waals surface area contributed by atoms with E-state index in [1.54, 1.807) is 0 Å². The second-order valence-electron chi connectivity index (χ2n) is 11.4. The van der Waals surface area contributed by atoms with E-state index >= 15 is 0 Å². The predicted molar refractivity (Wildman–Crippen MR) is 183 cm³/mol. The molecular formula is C42H30N2. The molecule has 2 nitrogen and oxygen atoms in total.